The van der Waals surface area contributed by atoms with Gasteiger partial charge in [0.05, 0.1) is 20.7 Å². The second-order valence-electron chi connectivity index (χ2n) is 7.93. The molecule has 0 aliphatic heterocycles. The molecule has 0 saturated heterocycles. The minimum Gasteiger partial charge on any atom is -0.308 e. The Balaban J connectivity index is 2.18. The van der Waals surface area contributed by atoms with E-state index >= 15 is 0 Å². The Labute approximate surface area is 200 Å². The second kappa shape index (κ2) is 9.39. The molecule has 0 aliphatic carbocycles. The molecular weight excluding hydrogens is 520 g/mol. The highest BCUT2D eigenvalue weighted by atomic mass is 32.2. The molecule has 0 saturated carbocycles. The number of hydrogen-bond acceptors (Lipinski definition) is 6. The van der Waals surface area contributed by atoms with Crippen LogP contribution in [0.4, 0.5) is 31.5 Å². The number of anilines is 1. The van der Waals surface area contributed by atoms with Crippen molar-refractivity contribution in [2.75, 3.05) is 38.3 Å². The van der Waals surface area contributed by atoms with Crippen LogP contribution >= 0.6 is 11.3 Å². The van der Waals surface area contributed by atoms with Crippen molar-refractivity contribution in [1.82, 2.24) is 9.88 Å². The second-order valence-corrected chi connectivity index (χ2v) is 10.9. The van der Waals surface area contributed by atoms with E-state index in [4.69, 9.17) is 0 Å². The van der Waals surface area contributed by atoms with Crippen molar-refractivity contribution < 1.29 is 39.6 Å². The fourth-order valence-electron chi connectivity index (χ4n) is 3.14. The number of hydrogen-bond donors (Lipinski definition) is 0. The number of alkyl halides is 6. The van der Waals surface area contributed by atoms with Crippen molar-refractivity contribution in [1.29, 1.82) is 0 Å². The monoisotopic (exact) mass is 539 g/mol. The van der Waals surface area contributed by atoms with Gasteiger partial charge in [-0.15, -0.1) is 0 Å². The van der Waals surface area contributed by atoms with Gasteiger partial charge in [-0.05, 0) is 44.4 Å². The average Bonchev–Trinajstić information content (AvgIpc) is 3.15. The summed E-state index contributed by atoms with van der Waals surface area (Å²) in [5.74, 6) is -1.14. The Morgan fingerprint density at radius 1 is 0.971 bits per heavy atom. The number of para-hydroxylation sites is 1. The maximum absolute atomic E-state index is 13.3. The molecule has 35 heavy (non-hydrogen) atoms. The van der Waals surface area contributed by atoms with Gasteiger partial charge in [-0.1, -0.05) is 17.4 Å². The van der Waals surface area contributed by atoms with Crippen LogP contribution in [0.3, 0.4) is 0 Å². The predicted octanol–water partition coefficient (Wildman–Crippen LogP) is 4.95. The van der Waals surface area contributed by atoms with E-state index in [1.165, 1.54) is 12.1 Å². The third kappa shape index (κ3) is 6.11. The molecule has 0 N–H and O–H groups in total. The summed E-state index contributed by atoms with van der Waals surface area (Å²) in [6, 6.07) is 4.98. The van der Waals surface area contributed by atoms with E-state index in [1.54, 1.807) is 25.1 Å². The highest BCUT2D eigenvalue weighted by molar-refractivity contribution is 7.91. The fourth-order valence-corrected chi connectivity index (χ4v) is 5.06. The maximum Gasteiger partial charge on any atom is 0.416 e. The third-order valence-corrected chi connectivity index (χ3v) is 7.02. The lowest BCUT2D eigenvalue weighted by molar-refractivity contribution is -0.143. The molecule has 0 radical (unpaired) electrons. The average molecular weight is 540 g/mol. The van der Waals surface area contributed by atoms with Crippen molar-refractivity contribution in [2.24, 2.45) is 0 Å². The molecular formula is C21H19F6N3O3S2. The lowest BCUT2D eigenvalue weighted by Gasteiger charge is -2.23. The van der Waals surface area contributed by atoms with E-state index in [0.29, 0.717) is 16.8 Å². The Hall–Kier alpha value is -2.71. The lowest BCUT2D eigenvalue weighted by Crippen LogP contribution is -2.37. The number of thiazole rings is 1. The highest BCUT2D eigenvalue weighted by Gasteiger charge is 2.38. The number of aromatic nitrogens is 1. The van der Waals surface area contributed by atoms with Crippen molar-refractivity contribution in [3.63, 3.8) is 0 Å². The van der Waals surface area contributed by atoms with E-state index in [9.17, 15) is 39.6 Å². The summed E-state index contributed by atoms with van der Waals surface area (Å²) in [6.07, 6.45) is -9.27. The van der Waals surface area contributed by atoms with Crippen LogP contribution in [0.5, 0.6) is 0 Å². The zero-order chi connectivity index (χ0) is 26.3. The molecule has 1 amide bonds. The summed E-state index contributed by atoms with van der Waals surface area (Å²) in [4.78, 5) is 20.0. The molecule has 1 heterocycles. The first-order chi connectivity index (χ1) is 16.0. The summed E-state index contributed by atoms with van der Waals surface area (Å²) in [5, 5.41) is -0.0612. The van der Waals surface area contributed by atoms with Crippen LogP contribution in [-0.4, -0.2) is 57.6 Å². The number of fused-ring (bicyclic) bond motifs is 1. The van der Waals surface area contributed by atoms with Gasteiger partial charge in [-0.3, -0.25) is 9.69 Å². The molecule has 3 aromatic rings. The normalized spacial score (nSPS) is 13.0. The van der Waals surface area contributed by atoms with Crippen molar-refractivity contribution >= 4 is 42.4 Å². The molecule has 0 fully saturated rings. The first-order valence-corrected chi connectivity index (χ1v) is 12.5. The molecule has 0 unspecified atom stereocenters. The number of halogens is 6. The van der Waals surface area contributed by atoms with E-state index in [2.05, 4.69) is 4.98 Å². The van der Waals surface area contributed by atoms with Gasteiger partial charge in [-0.25, -0.2) is 13.4 Å². The standard InChI is InChI=1S/C21H19F6N3O3S2/c1-29(2)7-8-30(19-28-17-15(34-19)5-4-6-16(17)35(3,32)33)18(31)12-9-13(20(22,23)24)11-14(10-12)21(25,26)27/h4-6,9-11H,7-8H2,1-3H3. The number of amides is 1. The fraction of sp³-hybridized carbons (Fsp3) is 0.333. The molecule has 14 heteroatoms. The zero-order valence-corrected chi connectivity index (χ0v) is 20.2. The number of likely N-dealkylation sites (N-methyl/N-ethyl adjacent to an activating group) is 1. The van der Waals surface area contributed by atoms with E-state index in [1.807, 2.05) is 0 Å². The topological polar surface area (TPSA) is 70.6 Å². The Kier molecular flexibility index (Phi) is 7.21. The summed E-state index contributed by atoms with van der Waals surface area (Å²) < 4.78 is 104. The molecule has 0 atom stereocenters. The molecule has 190 valence electrons. The van der Waals surface area contributed by atoms with E-state index in [-0.39, 0.29) is 34.7 Å². The Morgan fingerprint density at radius 3 is 2.03 bits per heavy atom. The number of nitrogens with zero attached hydrogens (tertiary/aromatic N) is 3. The molecule has 3 rings (SSSR count). The van der Waals surface area contributed by atoms with Gasteiger partial charge >= 0.3 is 12.4 Å². The predicted molar refractivity (Wildman–Crippen MR) is 119 cm³/mol. The zero-order valence-electron chi connectivity index (χ0n) is 18.5. The van der Waals surface area contributed by atoms with Gasteiger partial charge < -0.3 is 4.90 Å². The molecule has 0 aliphatic rings. The number of benzene rings is 2. The smallest absolute Gasteiger partial charge is 0.308 e. The number of carbonyl (C=O) groups excluding carboxylic acids is 1. The van der Waals surface area contributed by atoms with E-state index < -0.39 is 44.8 Å². The number of carbonyl (C=O) groups is 1. The summed E-state index contributed by atoms with van der Waals surface area (Å²) in [5.41, 5.74) is -4.01. The van der Waals surface area contributed by atoms with Crippen LogP contribution < -0.4 is 4.90 Å². The quantitative estimate of drug-likeness (QED) is 0.415. The molecule has 0 spiro atoms. The van der Waals surface area contributed by atoms with Crippen LogP contribution in [0.15, 0.2) is 41.3 Å². The maximum atomic E-state index is 13.3. The summed E-state index contributed by atoms with van der Waals surface area (Å²) >= 11 is 0.896. The van der Waals surface area contributed by atoms with Crippen LogP contribution in [0.25, 0.3) is 10.2 Å². The minimum absolute atomic E-state index is 0.0534. The van der Waals surface area contributed by atoms with E-state index in [0.717, 1.165) is 22.5 Å². The highest BCUT2D eigenvalue weighted by Crippen LogP contribution is 2.38. The van der Waals surface area contributed by atoms with Gasteiger partial charge in [0.1, 0.15) is 5.52 Å². The Bertz CT molecular complexity index is 1330. The van der Waals surface area contributed by atoms with Gasteiger partial charge in [0.2, 0.25) is 0 Å². The minimum atomic E-state index is -5.12. The van der Waals surface area contributed by atoms with Gasteiger partial charge in [0, 0.05) is 24.9 Å². The molecule has 0 bridgehead atoms. The number of rotatable bonds is 6. The van der Waals surface area contributed by atoms with Crippen LogP contribution in [-0.2, 0) is 22.2 Å². The first kappa shape index (κ1) is 26.9. The number of sulfone groups is 1. The van der Waals surface area contributed by atoms with Crippen molar-refractivity contribution in [2.45, 2.75) is 17.2 Å². The summed E-state index contributed by atoms with van der Waals surface area (Å²) in [6.45, 7) is 0.0726. The lowest BCUT2D eigenvalue weighted by atomic mass is 10.0. The molecule has 1 aromatic heterocycles. The molecule has 2 aromatic carbocycles. The third-order valence-electron chi connectivity index (χ3n) is 4.85. The van der Waals surface area contributed by atoms with Crippen molar-refractivity contribution in [3.8, 4) is 0 Å². The Morgan fingerprint density at radius 2 is 1.54 bits per heavy atom. The summed E-state index contributed by atoms with van der Waals surface area (Å²) in [7, 11) is -0.378. The van der Waals surface area contributed by atoms with Gasteiger partial charge in [-0.2, -0.15) is 26.3 Å². The van der Waals surface area contributed by atoms with Gasteiger partial charge in [0.15, 0.2) is 15.0 Å². The largest absolute Gasteiger partial charge is 0.416 e. The first-order valence-electron chi connectivity index (χ1n) is 9.84. The molecule has 6 nitrogen and oxygen atoms in total. The SMILES string of the molecule is CN(C)CCN(C(=O)c1cc(C(F)(F)F)cc(C(F)(F)F)c1)c1nc2c(S(C)(=O)=O)cccc2s1. The van der Waals surface area contributed by atoms with Gasteiger partial charge in [0.25, 0.3) is 5.91 Å². The van der Waals surface area contributed by atoms with Crippen molar-refractivity contribution in [3.05, 3.63) is 53.1 Å². The van der Waals surface area contributed by atoms with Crippen LogP contribution in [0, 0.1) is 0 Å². The van der Waals surface area contributed by atoms with Crippen LogP contribution in [0.1, 0.15) is 21.5 Å². The van der Waals surface area contributed by atoms with Crippen LogP contribution in [0.2, 0.25) is 0 Å².